The highest BCUT2D eigenvalue weighted by Crippen LogP contribution is 2.44. The molecule has 0 spiro atoms. The van der Waals surface area contributed by atoms with E-state index in [4.69, 9.17) is 4.74 Å². The molecule has 0 radical (unpaired) electrons. The summed E-state index contributed by atoms with van der Waals surface area (Å²) < 4.78 is 5.32. The fourth-order valence-corrected chi connectivity index (χ4v) is 4.51. The molecule has 0 saturated heterocycles. The fourth-order valence-electron chi connectivity index (χ4n) is 3.14. The van der Waals surface area contributed by atoms with Crippen LogP contribution in [0.5, 0.6) is 5.75 Å². The number of thioether (sulfide) groups is 1. The maximum Gasteiger partial charge on any atom is 0.173 e. The minimum atomic E-state index is 0.284. The van der Waals surface area contributed by atoms with Crippen LogP contribution in [0.25, 0.3) is 0 Å². The van der Waals surface area contributed by atoms with E-state index < -0.39 is 0 Å². The molecule has 18 heavy (non-hydrogen) atoms. The molecule has 0 N–H and O–H groups in total. The zero-order chi connectivity index (χ0) is 12.5. The normalized spacial score (nSPS) is 27.1. The molecule has 3 heteroatoms. The van der Waals surface area contributed by atoms with Crippen molar-refractivity contribution in [2.24, 2.45) is 0 Å². The van der Waals surface area contributed by atoms with Crippen molar-refractivity contribution in [1.82, 2.24) is 0 Å². The Bertz CT molecular complexity index is 470. The minimum Gasteiger partial charge on any atom is -0.497 e. The van der Waals surface area contributed by atoms with Gasteiger partial charge in [0.2, 0.25) is 0 Å². The zero-order valence-corrected chi connectivity index (χ0v) is 11.5. The monoisotopic (exact) mass is 262 g/mol. The van der Waals surface area contributed by atoms with E-state index in [0.29, 0.717) is 16.9 Å². The molecule has 2 nitrogen and oxygen atoms in total. The van der Waals surface area contributed by atoms with Crippen LogP contribution < -0.4 is 4.74 Å². The second kappa shape index (κ2) is 4.96. The summed E-state index contributed by atoms with van der Waals surface area (Å²) in [4.78, 5) is 12.2. The second-order valence-electron chi connectivity index (χ2n) is 5.12. The Hall–Kier alpha value is -0.960. The van der Waals surface area contributed by atoms with Crippen LogP contribution in [0, 0.1) is 0 Å². The fraction of sp³-hybridized carbons (Fsp3) is 0.533. The van der Waals surface area contributed by atoms with E-state index in [1.165, 1.54) is 31.2 Å². The van der Waals surface area contributed by atoms with Gasteiger partial charge in [0.25, 0.3) is 0 Å². The second-order valence-corrected chi connectivity index (χ2v) is 6.34. The topological polar surface area (TPSA) is 26.3 Å². The zero-order valence-electron chi connectivity index (χ0n) is 10.6. The van der Waals surface area contributed by atoms with E-state index in [9.17, 15) is 4.79 Å². The molecule has 1 fully saturated rings. The van der Waals surface area contributed by atoms with Crippen molar-refractivity contribution in [3.63, 3.8) is 0 Å². The summed E-state index contributed by atoms with van der Waals surface area (Å²) in [5, 5.41) is 0.621. The lowest BCUT2D eigenvalue weighted by molar-refractivity contribution is 0.102. The molecular formula is C15H18O2S. The predicted octanol–water partition coefficient (Wildman–Crippen LogP) is 3.65. The van der Waals surface area contributed by atoms with Crippen molar-refractivity contribution in [2.75, 3.05) is 12.9 Å². The van der Waals surface area contributed by atoms with Crippen LogP contribution in [0.1, 0.15) is 47.5 Å². The number of ether oxygens (including phenoxy) is 1. The maximum absolute atomic E-state index is 12.2. The number of fused-ring (bicyclic) bond motifs is 3. The molecule has 1 aliphatic carbocycles. The number of hydrogen-bond donors (Lipinski definition) is 0. The van der Waals surface area contributed by atoms with Crippen LogP contribution in [0.15, 0.2) is 18.2 Å². The van der Waals surface area contributed by atoms with Gasteiger partial charge in [-0.1, -0.05) is 12.8 Å². The molecule has 3 rings (SSSR count). The first-order valence-electron chi connectivity index (χ1n) is 6.62. The van der Waals surface area contributed by atoms with Crippen molar-refractivity contribution >= 4 is 17.5 Å². The third-order valence-electron chi connectivity index (χ3n) is 4.09. The van der Waals surface area contributed by atoms with Gasteiger partial charge < -0.3 is 4.74 Å². The van der Waals surface area contributed by atoms with Crippen molar-refractivity contribution in [1.29, 1.82) is 0 Å². The molecular weight excluding hydrogens is 244 g/mol. The van der Waals surface area contributed by atoms with Crippen LogP contribution in [-0.4, -0.2) is 23.9 Å². The Labute approximate surface area is 112 Å². The Morgan fingerprint density at radius 2 is 2.11 bits per heavy atom. The predicted molar refractivity (Wildman–Crippen MR) is 74.8 cm³/mol. The van der Waals surface area contributed by atoms with E-state index in [-0.39, 0.29) is 5.78 Å². The first kappa shape index (κ1) is 12.1. The summed E-state index contributed by atoms with van der Waals surface area (Å²) in [6.07, 6.45) is 5.05. The molecule has 0 bridgehead atoms. The van der Waals surface area contributed by atoms with E-state index in [2.05, 4.69) is 6.07 Å². The van der Waals surface area contributed by atoms with Crippen LogP contribution in [-0.2, 0) is 0 Å². The van der Waals surface area contributed by atoms with Gasteiger partial charge in [0, 0.05) is 10.8 Å². The average molecular weight is 262 g/mol. The summed E-state index contributed by atoms with van der Waals surface area (Å²) >= 11 is 1.86. The number of benzene rings is 1. The SMILES string of the molecule is COc1ccc2c(c1)C1CCCCC1SCC2=O. The highest BCUT2D eigenvalue weighted by Gasteiger charge is 2.33. The van der Waals surface area contributed by atoms with Gasteiger partial charge >= 0.3 is 0 Å². The van der Waals surface area contributed by atoms with Crippen molar-refractivity contribution in [2.45, 2.75) is 36.9 Å². The Balaban J connectivity index is 2.07. The van der Waals surface area contributed by atoms with Gasteiger partial charge in [0.15, 0.2) is 5.78 Å². The van der Waals surface area contributed by atoms with Crippen LogP contribution in [0.2, 0.25) is 0 Å². The molecule has 0 aromatic heterocycles. The minimum absolute atomic E-state index is 0.284. The van der Waals surface area contributed by atoms with Crippen LogP contribution in [0.4, 0.5) is 0 Å². The Morgan fingerprint density at radius 3 is 2.94 bits per heavy atom. The third-order valence-corrected chi connectivity index (χ3v) is 5.51. The summed E-state index contributed by atoms with van der Waals surface area (Å²) in [6, 6.07) is 5.95. The standard InChI is InChI=1S/C15H18O2S/c1-17-10-6-7-11-13(8-10)12-4-2-3-5-15(12)18-9-14(11)16/h6-8,12,15H,2-5,9H2,1H3. The lowest BCUT2D eigenvalue weighted by Crippen LogP contribution is -2.19. The van der Waals surface area contributed by atoms with E-state index in [1.54, 1.807) is 7.11 Å². The number of hydrogen-bond acceptors (Lipinski definition) is 3. The number of Topliss-reactive ketones (excluding diaryl/α,β-unsaturated/α-hetero) is 1. The van der Waals surface area contributed by atoms with Gasteiger partial charge in [-0.15, -0.1) is 11.8 Å². The van der Waals surface area contributed by atoms with Crippen LogP contribution >= 0.6 is 11.8 Å². The van der Waals surface area contributed by atoms with E-state index in [1.807, 2.05) is 23.9 Å². The number of methoxy groups -OCH3 is 1. The molecule has 1 aromatic rings. The summed E-state index contributed by atoms with van der Waals surface area (Å²) in [5.74, 6) is 2.34. The van der Waals surface area contributed by atoms with Gasteiger partial charge in [0.05, 0.1) is 12.9 Å². The van der Waals surface area contributed by atoms with Gasteiger partial charge in [-0.3, -0.25) is 4.79 Å². The van der Waals surface area contributed by atoms with Gasteiger partial charge in [0.1, 0.15) is 5.75 Å². The lowest BCUT2D eigenvalue weighted by Gasteiger charge is -2.30. The van der Waals surface area contributed by atoms with Crippen molar-refractivity contribution in [3.8, 4) is 5.75 Å². The first-order chi connectivity index (χ1) is 8.79. The van der Waals surface area contributed by atoms with E-state index >= 15 is 0 Å². The smallest absolute Gasteiger partial charge is 0.173 e. The highest BCUT2D eigenvalue weighted by atomic mass is 32.2. The molecule has 1 saturated carbocycles. The van der Waals surface area contributed by atoms with Gasteiger partial charge in [-0.25, -0.2) is 0 Å². The quantitative estimate of drug-likeness (QED) is 0.772. The number of carbonyl (C=O) groups is 1. The van der Waals surface area contributed by atoms with Crippen molar-refractivity contribution < 1.29 is 9.53 Å². The highest BCUT2D eigenvalue weighted by molar-refractivity contribution is 8.00. The van der Waals surface area contributed by atoms with Crippen molar-refractivity contribution in [3.05, 3.63) is 29.3 Å². The number of carbonyl (C=O) groups excluding carboxylic acids is 1. The molecule has 1 aromatic carbocycles. The van der Waals surface area contributed by atoms with Gasteiger partial charge in [-0.05, 0) is 42.5 Å². The molecule has 2 aliphatic rings. The largest absolute Gasteiger partial charge is 0.497 e. The molecule has 1 heterocycles. The molecule has 2 unspecified atom stereocenters. The average Bonchev–Trinajstić information content (AvgIpc) is 2.57. The number of ketones is 1. The summed E-state index contributed by atoms with van der Waals surface area (Å²) in [6.45, 7) is 0. The Kier molecular flexibility index (Phi) is 3.33. The summed E-state index contributed by atoms with van der Waals surface area (Å²) in [7, 11) is 1.69. The Morgan fingerprint density at radius 1 is 1.28 bits per heavy atom. The third kappa shape index (κ3) is 2.05. The van der Waals surface area contributed by atoms with E-state index in [0.717, 1.165) is 11.3 Å². The van der Waals surface area contributed by atoms with Gasteiger partial charge in [-0.2, -0.15) is 0 Å². The molecule has 1 aliphatic heterocycles. The number of rotatable bonds is 1. The molecule has 2 atom stereocenters. The first-order valence-corrected chi connectivity index (χ1v) is 7.67. The lowest BCUT2D eigenvalue weighted by atomic mass is 9.81. The molecule has 0 amide bonds. The van der Waals surface area contributed by atoms with Crippen LogP contribution in [0.3, 0.4) is 0 Å². The maximum atomic E-state index is 12.2. The molecule has 96 valence electrons. The summed E-state index contributed by atoms with van der Waals surface area (Å²) in [5.41, 5.74) is 2.16.